The van der Waals surface area contributed by atoms with Crippen molar-refractivity contribution in [2.24, 2.45) is 0 Å². The lowest BCUT2D eigenvalue weighted by atomic mass is 10.2. The zero-order valence-electron chi connectivity index (χ0n) is 11.5. The molecule has 110 valence electrons. The van der Waals surface area contributed by atoms with Gasteiger partial charge in [-0.3, -0.25) is 0 Å². The normalized spacial score (nSPS) is 13.2. The lowest BCUT2D eigenvalue weighted by Gasteiger charge is -2.08. The van der Waals surface area contributed by atoms with Crippen LogP contribution in [0, 0.1) is 0 Å². The summed E-state index contributed by atoms with van der Waals surface area (Å²) < 4.78 is 33.4. The van der Waals surface area contributed by atoms with Gasteiger partial charge in [0.25, 0.3) is 0 Å². The van der Waals surface area contributed by atoms with Crippen molar-refractivity contribution in [1.82, 2.24) is 0 Å². The molecular weight excluding hydrogens is 290 g/mol. The summed E-state index contributed by atoms with van der Waals surface area (Å²) in [4.78, 5) is 0.316. The van der Waals surface area contributed by atoms with Gasteiger partial charge < -0.3 is 14.8 Å². The zero-order valence-corrected chi connectivity index (χ0v) is 12.3. The molecule has 1 N–H and O–H groups in total. The van der Waals surface area contributed by atoms with Crippen LogP contribution in [0.1, 0.15) is 5.56 Å². The van der Waals surface area contributed by atoms with Crippen molar-refractivity contribution >= 4 is 15.5 Å². The molecule has 1 aliphatic heterocycles. The van der Waals surface area contributed by atoms with Crippen LogP contribution in [0.3, 0.4) is 0 Å². The second kappa shape index (κ2) is 5.29. The van der Waals surface area contributed by atoms with Gasteiger partial charge in [0, 0.05) is 18.5 Å². The van der Waals surface area contributed by atoms with Crippen molar-refractivity contribution in [3.05, 3.63) is 48.0 Å². The first-order valence-electron chi connectivity index (χ1n) is 6.45. The number of nitrogens with one attached hydrogen (secondary N) is 1. The standard InChI is InChI=1S/C15H15NO4S/c1-21(17,18)13-5-3-12(4-6-13)16-9-11-2-7-14-15(8-11)20-10-19-14/h2-8,16H,9-10H2,1H3. The molecule has 2 aromatic carbocycles. The highest BCUT2D eigenvalue weighted by Crippen LogP contribution is 2.32. The monoisotopic (exact) mass is 305 g/mol. The first kappa shape index (κ1) is 13.8. The summed E-state index contributed by atoms with van der Waals surface area (Å²) in [5, 5.41) is 3.24. The number of fused-ring (bicyclic) bond motifs is 1. The van der Waals surface area contributed by atoms with Crippen LogP contribution in [0.15, 0.2) is 47.4 Å². The lowest BCUT2D eigenvalue weighted by Crippen LogP contribution is -2.01. The predicted octanol–water partition coefficient (Wildman–Crippen LogP) is 2.43. The van der Waals surface area contributed by atoms with E-state index in [2.05, 4.69) is 5.32 Å². The van der Waals surface area contributed by atoms with E-state index in [-0.39, 0.29) is 6.79 Å². The number of rotatable bonds is 4. The molecule has 0 unspecified atom stereocenters. The summed E-state index contributed by atoms with van der Waals surface area (Å²) in [7, 11) is -3.15. The van der Waals surface area contributed by atoms with Gasteiger partial charge in [-0.1, -0.05) is 6.07 Å². The fourth-order valence-corrected chi connectivity index (χ4v) is 2.71. The number of hydrogen-bond acceptors (Lipinski definition) is 5. The Morgan fingerprint density at radius 3 is 2.48 bits per heavy atom. The lowest BCUT2D eigenvalue weighted by molar-refractivity contribution is 0.174. The van der Waals surface area contributed by atoms with Gasteiger partial charge in [0.1, 0.15) is 0 Å². The highest BCUT2D eigenvalue weighted by molar-refractivity contribution is 7.90. The molecule has 0 bridgehead atoms. The van der Waals surface area contributed by atoms with Crippen LogP contribution < -0.4 is 14.8 Å². The van der Waals surface area contributed by atoms with E-state index in [0.717, 1.165) is 22.7 Å². The van der Waals surface area contributed by atoms with Crippen molar-refractivity contribution in [1.29, 1.82) is 0 Å². The minimum absolute atomic E-state index is 0.263. The van der Waals surface area contributed by atoms with Crippen LogP contribution >= 0.6 is 0 Å². The van der Waals surface area contributed by atoms with Gasteiger partial charge in [0.2, 0.25) is 6.79 Å². The van der Waals surface area contributed by atoms with Crippen molar-refractivity contribution < 1.29 is 17.9 Å². The van der Waals surface area contributed by atoms with E-state index in [0.29, 0.717) is 11.4 Å². The average molecular weight is 305 g/mol. The Morgan fingerprint density at radius 1 is 1.05 bits per heavy atom. The molecule has 0 saturated heterocycles. The van der Waals surface area contributed by atoms with Crippen molar-refractivity contribution in [2.75, 3.05) is 18.4 Å². The molecule has 0 saturated carbocycles. The highest BCUT2D eigenvalue weighted by Gasteiger charge is 2.13. The average Bonchev–Trinajstić information content (AvgIpc) is 2.92. The summed E-state index contributed by atoms with van der Waals surface area (Å²) in [6.07, 6.45) is 1.20. The molecule has 2 aromatic rings. The molecular formula is C15H15NO4S. The van der Waals surface area contributed by atoms with Crippen LogP contribution in [-0.4, -0.2) is 21.5 Å². The summed E-state index contributed by atoms with van der Waals surface area (Å²) in [6.45, 7) is 0.883. The summed E-state index contributed by atoms with van der Waals surface area (Å²) >= 11 is 0. The van der Waals surface area contributed by atoms with E-state index in [1.807, 2.05) is 18.2 Å². The second-order valence-corrected chi connectivity index (χ2v) is 6.85. The number of ether oxygens (including phenoxy) is 2. The Hall–Kier alpha value is -2.21. The Kier molecular flexibility index (Phi) is 3.47. The summed E-state index contributed by atoms with van der Waals surface area (Å²) in [5.41, 5.74) is 1.92. The van der Waals surface area contributed by atoms with Gasteiger partial charge in [-0.15, -0.1) is 0 Å². The third-order valence-electron chi connectivity index (χ3n) is 3.22. The van der Waals surface area contributed by atoms with E-state index < -0.39 is 9.84 Å². The third kappa shape index (κ3) is 3.11. The number of hydrogen-bond donors (Lipinski definition) is 1. The highest BCUT2D eigenvalue weighted by atomic mass is 32.2. The molecule has 6 heteroatoms. The van der Waals surface area contributed by atoms with E-state index in [1.165, 1.54) is 6.26 Å². The van der Waals surface area contributed by atoms with Crippen LogP contribution in [-0.2, 0) is 16.4 Å². The van der Waals surface area contributed by atoms with Crippen LogP contribution in [0.25, 0.3) is 0 Å². The molecule has 0 spiro atoms. The maximum Gasteiger partial charge on any atom is 0.231 e. The van der Waals surface area contributed by atoms with Gasteiger partial charge in [-0.25, -0.2) is 8.42 Å². The Balaban J connectivity index is 1.68. The minimum atomic E-state index is -3.15. The molecule has 0 aromatic heterocycles. The molecule has 0 aliphatic carbocycles. The SMILES string of the molecule is CS(=O)(=O)c1ccc(NCc2ccc3c(c2)OCO3)cc1. The van der Waals surface area contributed by atoms with Crippen LogP contribution in [0.4, 0.5) is 5.69 Å². The summed E-state index contributed by atoms with van der Waals surface area (Å²) in [6, 6.07) is 12.5. The smallest absolute Gasteiger partial charge is 0.231 e. The van der Waals surface area contributed by atoms with Crippen LogP contribution in [0.2, 0.25) is 0 Å². The fourth-order valence-electron chi connectivity index (χ4n) is 2.08. The number of benzene rings is 2. The van der Waals surface area contributed by atoms with E-state index >= 15 is 0 Å². The molecule has 1 aliphatic rings. The van der Waals surface area contributed by atoms with E-state index in [9.17, 15) is 8.42 Å². The molecule has 0 radical (unpaired) electrons. The van der Waals surface area contributed by atoms with Crippen molar-refractivity contribution in [3.63, 3.8) is 0 Å². The van der Waals surface area contributed by atoms with E-state index in [1.54, 1.807) is 24.3 Å². The number of sulfone groups is 1. The van der Waals surface area contributed by atoms with Crippen LogP contribution in [0.5, 0.6) is 11.5 Å². The van der Waals surface area contributed by atoms with E-state index in [4.69, 9.17) is 9.47 Å². The van der Waals surface area contributed by atoms with Gasteiger partial charge in [0.05, 0.1) is 4.90 Å². The molecule has 1 heterocycles. The fraction of sp³-hybridized carbons (Fsp3) is 0.200. The quantitative estimate of drug-likeness (QED) is 0.940. The second-order valence-electron chi connectivity index (χ2n) is 4.84. The molecule has 0 amide bonds. The molecule has 0 fully saturated rings. The molecule has 21 heavy (non-hydrogen) atoms. The van der Waals surface area contributed by atoms with Crippen molar-refractivity contribution in [3.8, 4) is 11.5 Å². The predicted molar refractivity (Wildman–Crippen MR) is 79.4 cm³/mol. The zero-order chi connectivity index (χ0) is 14.9. The topological polar surface area (TPSA) is 64.6 Å². The molecule has 3 rings (SSSR count). The van der Waals surface area contributed by atoms with Gasteiger partial charge in [0.15, 0.2) is 21.3 Å². The maximum atomic E-state index is 11.4. The largest absolute Gasteiger partial charge is 0.454 e. The Bertz CT molecular complexity index is 754. The first-order chi connectivity index (χ1) is 10.0. The molecule has 5 nitrogen and oxygen atoms in total. The number of anilines is 1. The minimum Gasteiger partial charge on any atom is -0.454 e. The van der Waals surface area contributed by atoms with Crippen molar-refractivity contribution in [2.45, 2.75) is 11.4 Å². The third-order valence-corrected chi connectivity index (χ3v) is 4.34. The molecule has 0 atom stereocenters. The Morgan fingerprint density at radius 2 is 1.76 bits per heavy atom. The maximum absolute atomic E-state index is 11.4. The van der Waals surface area contributed by atoms with Gasteiger partial charge >= 0.3 is 0 Å². The first-order valence-corrected chi connectivity index (χ1v) is 8.34. The van der Waals surface area contributed by atoms with Gasteiger partial charge in [-0.2, -0.15) is 0 Å². The summed E-state index contributed by atoms with van der Waals surface area (Å²) in [5.74, 6) is 1.51. The van der Waals surface area contributed by atoms with Gasteiger partial charge in [-0.05, 0) is 42.0 Å². The Labute approximate surface area is 123 Å².